The standard InChI is InChI=1S/C7H13B2NO/c1-11-5-6-4-10(9)3-2-7(6)8/h6-7H,2-5H2,1H3. The quantitative estimate of drug-likeness (QED) is 0.512. The van der Waals surface area contributed by atoms with E-state index in [0.717, 1.165) is 26.1 Å². The first kappa shape index (κ1) is 9.14. The van der Waals surface area contributed by atoms with Gasteiger partial charge in [-0.3, -0.25) is 0 Å². The van der Waals surface area contributed by atoms with Gasteiger partial charge in [-0.2, -0.15) is 0 Å². The molecule has 0 aromatic rings. The lowest BCUT2D eigenvalue weighted by molar-refractivity contribution is 0.120. The Labute approximate surface area is 71.1 Å². The van der Waals surface area contributed by atoms with Crippen molar-refractivity contribution >= 4 is 15.8 Å². The van der Waals surface area contributed by atoms with Gasteiger partial charge >= 0.3 is 0 Å². The predicted octanol–water partition coefficient (Wildman–Crippen LogP) is -0.00480. The van der Waals surface area contributed by atoms with Crippen molar-refractivity contribution in [1.29, 1.82) is 0 Å². The molecule has 0 amide bonds. The van der Waals surface area contributed by atoms with Crippen molar-refractivity contribution in [2.75, 3.05) is 26.8 Å². The molecule has 0 N–H and O–H groups in total. The largest absolute Gasteiger partial charge is 0.384 e. The monoisotopic (exact) mass is 149 g/mol. The highest BCUT2D eigenvalue weighted by Gasteiger charge is 2.22. The minimum atomic E-state index is 0.259. The minimum Gasteiger partial charge on any atom is -0.384 e. The molecule has 1 heterocycles. The van der Waals surface area contributed by atoms with Gasteiger partial charge in [-0.25, -0.2) is 0 Å². The Morgan fingerprint density at radius 1 is 1.64 bits per heavy atom. The SMILES string of the molecule is [B]C1CCN([B])CC1COC. The lowest BCUT2D eigenvalue weighted by Crippen LogP contribution is -2.38. The van der Waals surface area contributed by atoms with Crippen LogP contribution in [0.4, 0.5) is 0 Å². The Morgan fingerprint density at radius 2 is 2.36 bits per heavy atom. The predicted molar refractivity (Wildman–Crippen MR) is 46.8 cm³/mol. The van der Waals surface area contributed by atoms with E-state index in [-0.39, 0.29) is 5.82 Å². The maximum absolute atomic E-state index is 5.87. The van der Waals surface area contributed by atoms with Crippen LogP contribution >= 0.6 is 0 Å². The highest BCUT2D eigenvalue weighted by Crippen LogP contribution is 2.24. The number of rotatable bonds is 2. The first-order valence-corrected chi connectivity index (χ1v) is 3.98. The second kappa shape index (κ2) is 4.17. The van der Waals surface area contributed by atoms with Gasteiger partial charge in [0, 0.05) is 13.7 Å². The van der Waals surface area contributed by atoms with Crippen LogP contribution < -0.4 is 0 Å². The summed E-state index contributed by atoms with van der Waals surface area (Å²) in [5, 5.41) is 0. The van der Waals surface area contributed by atoms with Crippen LogP contribution in [0.15, 0.2) is 0 Å². The zero-order valence-corrected chi connectivity index (χ0v) is 6.99. The van der Waals surface area contributed by atoms with Crippen molar-refractivity contribution in [1.82, 2.24) is 4.81 Å². The molecule has 1 aliphatic heterocycles. The molecular formula is C7H13B2NO. The van der Waals surface area contributed by atoms with Gasteiger partial charge < -0.3 is 9.55 Å². The lowest BCUT2D eigenvalue weighted by atomic mass is 9.71. The Bertz CT molecular complexity index is 123. The third-order valence-corrected chi connectivity index (χ3v) is 2.20. The van der Waals surface area contributed by atoms with Gasteiger partial charge in [-0.05, 0) is 25.4 Å². The second-order valence-corrected chi connectivity index (χ2v) is 3.16. The van der Waals surface area contributed by atoms with Gasteiger partial charge in [0.15, 0.2) is 7.98 Å². The van der Waals surface area contributed by atoms with Gasteiger partial charge in [-0.15, -0.1) is 0 Å². The fraction of sp³-hybridized carbons (Fsp3) is 1.00. The maximum atomic E-state index is 5.87. The lowest BCUT2D eigenvalue weighted by Gasteiger charge is -2.35. The summed E-state index contributed by atoms with van der Waals surface area (Å²) in [6.07, 6.45) is 0.977. The number of nitrogens with zero attached hydrogens (tertiary/aromatic N) is 1. The van der Waals surface area contributed by atoms with E-state index in [9.17, 15) is 0 Å². The van der Waals surface area contributed by atoms with E-state index in [1.165, 1.54) is 0 Å². The third kappa shape index (κ3) is 2.53. The summed E-state index contributed by atoms with van der Waals surface area (Å²) < 4.78 is 5.04. The average Bonchev–Trinajstić information content (AvgIpc) is 1.98. The Kier molecular flexibility index (Phi) is 3.46. The fourth-order valence-corrected chi connectivity index (χ4v) is 1.47. The van der Waals surface area contributed by atoms with Crippen LogP contribution in [-0.2, 0) is 4.74 Å². The molecule has 2 atom stereocenters. The van der Waals surface area contributed by atoms with Crippen LogP contribution in [-0.4, -0.2) is 47.4 Å². The molecular weight excluding hydrogens is 136 g/mol. The molecule has 1 fully saturated rings. The van der Waals surface area contributed by atoms with Gasteiger partial charge in [0.05, 0.1) is 7.85 Å². The topological polar surface area (TPSA) is 12.5 Å². The molecule has 1 aliphatic rings. The highest BCUT2D eigenvalue weighted by atomic mass is 16.5. The molecule has 0 saturated carbocycles. The van der Waals surface area contributed by atoms with E-state index in [0.29, 0.717) is 5.92 Å². The van der Waals surface area contributed by atoms with Crippen LogP contribution in [0.2, 0.25) is 5.82 Å². The number of methoxy groups -OCH3 is 1. The molecule has 58 valence electrons. The molecule has 0 bridgehead atoms. The molecule has 4 radical (unpaired) electrons. The summed E-state index contributed by atoms with van der Waals surface area (Å²) in [4.78, 5) is 1.81. The van der Waals surface area contributed by atoms with E-state index < -0.39 is 0 Å². The smallest absolute Gasteiger partial charge is 0.182 e. The third-order valence-electron chi connectivity index (χ3n) is 2.20. The summed E-state index contributed by atoms with van der Waals surface area (Å²) in [6.45, 7) is 2.48. The van der Waals surface area contributed by atoms with E-state index in [2.05, 4.69) is 0 Å². The summed E-state index contributed by atoms with van der Waals surface area (Å²) in [5.41, 5.74) is 0. The normalized spacial score (nSPS) is 33.9. The van der Waals surface area contributed by atoms with E-state index in [1.807, 2.05) is 4.81 Å². The number of hydrogen-bond acceptors (Lipinski definition) is 2. The molecule has 4 heteroatoms. The Morgan fingerprint density at radius 3 is 3.00 bits per heavy atom. The zero-order chi connectivity index (χ0) is 8.27. The molecule has 0 aromatic carbocycles. The second-order valence-electron chi connectivity index (χ2n) is 3.16. The number of piperidine rings is 1. The van der Waals surface area contributed by atoms with E-state index in [1.54, 1.807) is 7.11 Å². The van der Waals surface area contributed by atoms with Crippen molar-refractivity contribution in [2.24, 2.45) is 5.92 Å². The zero-order valence-electron chi connectivity index (χ0n) is 6.99. The Hall–Kier alpha value is 0.0499. The van der Waals surface area contributed by atoms with Crippen LogP contribution in [0.1, 0.15) is 6.42 Å². The van der Waals surface area contributed by atoms with Gasteiger partial charge in [0.25, 0.3) is 0 Å². The average molecular weight is 149 g/mol. The van der Waals surface area contributed by atoms with Crippen molar-refractivity contribution in [2.45, 2.75) is 12.2 Å². The van der Waals surface area contributed by atoms with Crippen molar-refractivity contribution in [3.63, 3.8) is 0 Å². The Balaban J connectivity index is 2.34. The van der Waals surface area contributed by atoms with Crippen molar-refractivity contribution < 1.29 is 4.74 Å². The summed E-state index contributed by atoms with van der Waals surface area (Å²) in [5.74, 6) is 0.661. The van der Waals surface area contributed by atoms with Crippen molar-refractivity contribution in [3.8, 4) is 0 Å². The summed E-state index contributed by atoms with van der Waals surface area (Å²) >= 11 is 0. The molecule has 1 rings (SSSR count). The highest BCUT2D eigenvalue weighted by molar-refractivity contribution is 6.12. The number of hydrogen-bond donors (Lipinski definition) is 0. The van der Waals surface area contributed by atoms with Gasteiger partial charge in [0.2, 0.25) is 0 Å². The number of ether oxygens (including phenoxy) is 1. The van der Waals surface area contributed by atoms with Crippen molar-refractivity contribution in [3.05, 3.63) is 0 Å². The fourth-order valence-electron chi connectivity index (χ4n) is 1.47. The molecule has 11 heavy (non-hydrogen) atoms. The summed E-state index contributed by atoms with van der Waals surface area (Å²) in [6, 6.07) is 0. The first-order chi connectivity index (χ1) is 5.24. The van der Waals surface area contributed by atoms with Gasteiger partial charge in [0.1, 0.15) is 0 Å². The maximum Gasteiger partial charge on any atom is 0.182 e. The van der Waals surface area contributed by atoms with Crippen LogP contribution in [0, 0.1) is 5.92 Å². The molecule has 0 aliphatic carbocycles. The summed E-state index contributed by atoms with van der Waals surface area (Å²) in [7, 11) is 13.2. The molecule has 1 saturated heterocycles. The van der Waals surface area contributed by atoms with Crippen LogP contribution in [0.5, 0.6) is 0 Å². The minimum absolute atomic E-state index is 0.259. The molecule has 0 aromatic heterocycles. The van der Waals surface area contributed by atoms with E-state index in [4.69, 9.17) is 20.6 Å². The first-order valence-electron chi connectivity index (χ1n) is 3.98. The van der Waals surface area contributed by atoms with Crippen LogP contribution in [0.3, 0.4) is 0 Å². The molecule has 0 spiro atoms. The molecule has 2 nitrogen and oxygen atoms in total. The van der Waals surface area contributed by atoms with E-state index >= 15 is 0 Å². The molecule has 2 unspecified atom stereocenters. The van der Waals surface area contributed by atoms with Gasteiger partial charge in [-0.1, -0.05) is 5.82 Å². The van der Waals surface area contributed by atoms with Crippen LogP contribution in [0.25, 0.3) is 0 Å².